The summed E-state index contributed by atoms with van der Waals surface area (Å²) in [6.45, 7) is 6.64. The molecule has 0 radical (unpaired) electrons. The molecule has 3 heteroatoms. The Bertz CT molecular complexity index is 383. The Kier molecular flexibility index (Phi) is 3.67. The van der Waals surface area contributed by atoms with Crippen LogP contribution >= 0.6 is 11.3 Å². The first kappa shape index (κ1) is 12.7. The highest BCUT2D eigenvalue weighted by atomic mass is 32.1. The highest BCUT2D eigenvalue weighted by molar-refractivity contribution is 7.09. The van der Waals surface area contributed by atoms with Crippen LogP contribution in [-0.2, 0) is 11.2 Å². The zero-order valence-electron chi connectivity index (χ0n) is 10.9. The van der Waals surface area contributed by atoms with Crippen molar-refractivity contribution < 1.29 is 4.79 Å². The number of Topliss-reactive ketones (excluding diaryl/α,β-unsaturated/α-hetero) is 1. The van der Waals surface area contributed by atoms with Gasteiger partial charge in [-0.05, 0) is 30.6 Å². The third kappa shape index (κ3) is 2.95. The number of carbonyl (C=O) groups is 1. The van der Waals surface area contributed by atoms with Gasteiger partial charge < -0.3 is 0 Å². The molecule has 1 saturated carbocycles. The lowest BCUT2D eigenvalue weighted by Crippen LogP contribution is -2.36. The van der Waals surface area contributed by atoms with E-state index in [4.69, 9.17) is 0 Å². The lowest BCUT2D eigenvalue weighted by atomic mass is 9.67. The molecule has 1 fully saturated rings. The minimum Gasteiger partial charge on any atom is -0.299 e. The first-order valence-corrected chi connectivity index (χ1v) is 7.27. The fourth-order valence-corrected chi connectivity index (χ4v) is 3.76. The van der Waals surface area contributed by atoms with Crippen LogP contribution in [0.3, 0.4) is 0 Å². The zero-order chi connectivity index (χ0) is 12.5. The molecule has 0 spiro atoms. The monoisotopic (exact) mass is 251 g/mol. The molecule has 1 aliphatic carbocycles. The molecule has 1 aromatic heterocycles. The second kappa shape index (κ2) is 4.89. The van der Waals surface area contributed by atoms with E-state index >= 15 is 0 Å². The lowest BCUT2D eigenvalue weighted by Gasteiger charge is -2.37. The summed E-state index contributed by atoms with van der Waals surface area (Å²) < 4.78 is 0. The predicted molar refractivity (Wildman–Crippen MR) is 71.1 cm³/mol. The van der Waals surface area contributed by atoms with Gasteiger partial charge in [-0.2, -0.15) is 0 Å². The fourth-order valence-electron chi connectivity index (χ4n) is 2.93. The van der Waals surface area contributed by atoms with Gasteiger partial charge >= 0.3 is 0 Å². The average molecular weight is 251 g/mol. The van der Waals surface area contributed by atoms with Crippen LogP contribution in [0.5, 0.6) is 0 Å². The first-order chi connectivity index (χ1) is 7.99. The van der Waals surface area contributed by atoms with Gasteiger partial charge in [0.15, 0.2) is 0 Å². The van der Waals surface area contributed by atoms with Crippen LogP contribution in [0.1, 0.15) is 44.9 Å². The van der Waals surface area contributed by atoms with Gasteiger partial charge in [-0.3, -0.25) is 9.78 Å². The molecule has 2 nitrogen and oxygen atoms in total. The summed E-state index contributed by atoms with van der Waals surface area (Å²) in [5.41, 5.74) is 1.94. The van der Waals surface area contributed by atoms with Crippen molar-refractivity contribution >= 4 is 17.1 Å². The normalized spacial score (nSPS) is 26.2. The summed E-state index contributed by atoms with van der Waals surface area (Å²) >= 11 is 1.69. The van der Waals surface area contributed by atoms with Crippen molar-refractivity contribution in [3.8, 4) is 0 Å². The molecule has 94 valence electrons. The number of hydrogen-bond donors (Lipinski definition) is 0. The van der Waals surface area contributed by atoms with E-state index in [9.17, 15) is 4.79 Å². The number of nitrogens with zero attached hydrogens (tertiary/aromatic N) is 1. The van der Waals surface area contributed by atoms with Gasteiger partial charge in [0.25, 0.3) is 0 Å². The SMILES string of the molecule is CC1CCC(C(C)(C)Cc2cncs2)C(=O)C1. The maximum absolute atomic E-state index is 12.2. The molecule has 0 N–H and O–H groups in total. The van der Waals surface area contributed by atoms with E-state index in [1.165, 1.54) is 11.3 Å². The lowest BCUT2D eigenvalue weighted by molar-refractivity contribution is -0.129. The number of carbonyl (C=O) groups excluding carboxylic acids is 1. The van der Waals surface area contributed by atoms with Crippen molar-refractivity contribution in [2.75, 3.05) is 0 Å². The Morgan fingerprint density at radius 3 is 2.82 bits per heavy atom. The third-order valence-electron chi connectivity index (χ3n) is 3.94. The molecule has 0 amide bonds. The Labute approximate surface area is 107 Å². The van der Waals surface area contributed by atoms with Crippen LogP contribution < -0.4 is 0 Å². The summed E-state index contributed by atoms with van der Waals surface area (Å²) in [5.74, 6) is 1.29. The number of thiazole rings is 1. The summed E-state index contributed by atoms with van der Waals surface area (Å²) in [5, 5.41) is 0. The Hall–Kier alpha value is -0.700. The van der Waals surface area contributed by atoms with E-state index < -0.39 is 0 Å². The molecule has 0 bridgehead atoms. The van der Waals surface area contributed by atoms with Gasteiger partial charge in [0.1, 0.15) is 5.78 Å². The van der Waals surface area contributed by atoms with E-state index in [0.29, 0.717) is 11.7 Å². The molecule has 0 aliphatic heterocycles. The molecule has 1 aromatic rings. The number of aromatic nitrogens is 1. The van der Waals surface area contributed by atoms with E-state index in [0.717, 1.165) is 19.3 Å². The first-order valence-electron chi connectivity index (χ1n) is 6.39. The summed E-state index contributed by atoms with van der Waals surface area (Å²) in [7, 11) is 0. The summed E-state index contributed by atoms with van der Waals surface area (Å²) in [6.07, 6.45) is 5.94. The smallest absolute Gasteiger partial charge is 0.136 e. The van der Waals surface area contributed by atoms with Crippen molar-refractivity contribution in [2.45, 2.75) is 46.5 Å². The number of rotatable bonds is 3. The molecule has 2 rings (SSSR count). The third-order valence-corrected chi connectivity index (χ3v) is 4.72. The molecule has 1 heterocycles. The minimum atomic E-state index is 0.0732. The van der Waals surface area contributed by atoms with E-state index in [2.05, 4.69) is 25.8 Å². The largest absolute Gasteiger partial charge is 0.299 e. The van der Waals surface area contributed by atoms with Gasteiger partial charge in [-0.25, -0.2) is 0 Å². The van der Waals surface area contributed by atoms with Crippen LogP contribution in [0.2, 0.25) is 0 Å². The highest BCUT2D eigenvalue weighted by Crippen LogP contribution is 2.40. The van der Waals surface area contributed by atoms with Crippen LogP contribution in [0.25, 0.3) is 0 Å². The van der Waals surface area contributed by atoms with Crippen LogP contribution in [0.15, 0.2) is 11.7 Å². The van der Waals surface area contributed by atoms with Crippen LogP contribution in [0.4, 0.5) is 0 Å². The second-order valence-corrected chi connectivity index (χ2v) is 7.01. The second-order valence-electron chi connectivity index (χ2n) is 6.04. The minimum absolute atomic E-state index is 0.0732. The Morgan fingerprint density at radius 1 is 1.47 bits per heavy atom. The molecular weight excluding hydrogens is 230 g/mol. The van der Waals surface area contributed by atoms with E-state index in [1.807, 2.05) is 11.7 Å². The molecule has 0 saturated heterocycles. The molecular formula is C14H21NOS. The van der Waals surface area contributed by atoms with Crippen molar-refractivity contribution in [3.63, 3.8) is 0 Å². The summed E-state index contributed by atoms with van der Waals surface area (Å²) in [6, 6.07) is 0. The van der Waals surface area contributed by atoms with Crippen molar-refractivity contribution in [2.24, 2.45) is 17.3 Å². The van der Waals surface area contributed by atoms with E-state index in [-0.39, 0.29) is 11.3 Å². The van der Waals surface area contributed by atoms with E-state index in [1.54, 1.807) is 11.3 Å². The molecule has 17 heavy (non-hydrogen) atoms. The predicted octanol–water partition coefficient (Wildman–Crippen LogP) is 3.72. The standard InChI is InChI=1S/C14H21NOS/c1-10-4-5-12(13(16)6-10)14(2,3)7-11-8-15-9-17-11/h8-10,12H,4-7H2,1-3H3. The molecule has 2 unspecified atom stereocenters. The maximum atomic E-state index is 12.2. The quantitative estimate of drug-likeness (QED) is 0.819. The van der Waals surface area contributed by atoms with Crippen molar-refractivity contribution in [3.05, 3.63) is 16.6 Å². The molecule has 1 aliphatic rings. The van der Waals surface area contributed by atoms with Gasteiger partial charge in [0.05, 0.1) is 5.51 Å². The van der Waals surface area contributed by atoms with Gasteiger partial charge in [0.2, 0.25) is 0 Å². The molecule has 2 atom stereocenters. The molecule has 0 aromatic carbocycles. The van der Waals surface area contributed by atoms with Crippen molar-refractivity contribution in [1.82, 2.24) is 4.98 Å². The summed E-state index contributed by atoms with van der Waals surface area (Å²) in [4.78, 5) is 17.6. The fraction of sp³-hybridized carbons (Fsp3) is 0.714. The maximum Gasteiger partial charge on any atom is 0.136 e. The van der Waals surface area contributed by atoms with Crippen molar-refractivity contribution in [1.29, 1.82) is 0 Å². The highest BCUT2D eigenvalue weighted by Gasteiger charge is 2.38. The Morgan fingerprint density at radius 2 is 2.24 bits per heavy atom. The average Bonchev–Trinajstić information content (AvgIpc) is 2.68. The van der Waals surface area contributed by atoms with Gasteiger partial charge in [-0.1, -0.05) is 20.8 Å². The number of hydrogen-bond acceptors (Lipinski definition) is 3. The Balaban J connectivity index is 2.07. The topological polar surface area (TPSA) is 30.0 Å². The van der Waals surface area contributed by atoms with Crippen LogP contribution in [-0.4, -0.2) is 10.8 Å². The van der Waals surface area contributed by atoms with Gasteiger partial charge in [0, 0.05) is 23.4 Å². The number of ketones is 1. The van der Waals surface area contributed by atoms with Crippen LogP contribution in [0, 0.1) is 17.3 Å². The zero-order valence-corrected chi connectivity index (χ0v) is 11.7. The van der Waals surface area contributed by atoms with Gasteiger partial charge in [-0.15, -0.1) is 11.3 Å².